The number of rotatable bonds is 7. The second kappa shape index (κ2) is 6.85. The van der Waals surface area contributed by atoms with E-state index in [1.165, 1.54) is 6.26 Å². The largest absolute Gasteiger partial charge is 0.506 e. The van der Waals surface area contributed by atoms with E-state index < -0.39 is 0 Å². The summed E-state index contributed by atoms with van der Waals surface area (Å²) in [5.41, 5.74) is 1.59. The smallest absolute Gasteiger partial charge is 0.138 e. The fourth-order valence-electron chi connectivity index (χ4n) is 1.30. The summed E-state index contributed by atoms with van der Waals surface area (Å²) >= 11 is 0. The molecular formula is C12H18N2O2. The van der Waals surface area contributed by atoms with Crippen molar-refractivity contribution < 1.29 is 9.84 Å². The van der Waals surface area contributed by atoms with Gasteiger partial charge in [-0.15, -0.1) is 0 Å². The molecule has 0 bridgehead atoms. The molecule has 1 heterocycles. The lowest BCUT2D eigenvalue weighted by atomic mass is 10.3. The summed E-state index contributed by atoms with van der Waals surface area (Å²) < 4.78 is 4.99. The Labute approximate surface area is 96.0 Å². The average Bonchev–Trinajstić information content (AvgIpc) is 2.28. The van der Waals surface area contributed by atoms with Gasteiger partial charge in [-0.05, 0) is 32.0 Å². The van der Waals surface area contributed by atoms with E-state index in [4.69, 9.17) is 4.74 Å². The van der Waals surface area contributed by atoms with Crippen LogP contribution in [0.15, 0.2) is 25.0 Å². The van der Waals surface area contributed by atoms with Crippen LogP contribution in [0.25, 0.3) is 0 Å². The van der Waals surface area contributed by atoms with Gasteiger partial charge in [0.1, 0.15) is 5.75 Å². The fourth-order valence-corrected chi connectivity index (χ4v) is 1.30. The molecule has 0 radical (unpaired) electrons. The van der Waals surface area contributed by atoms with Crippen LogP contribution in [0.3, 0.4) is 0 Å². The van der Waals surface area contributed by atoms with E-state index in [0.717, 1.165) is 18.7 Å². The topological polar surface area (TPSA) is 54.4 Å². The van der Waals surface area contributed by atoms with Crippen LogP contribution in [0.2, 0.25) is 0 Å². The van der Waals surface area contributed by atoms with Gasteiger partial charge in [-0.25, -0.2) is 0 Å². The van der Waals surface area contributed by atoms with Crippen LogP contribution in [0.5, 0.6) is 5.75 Å². The van der Waals surface area contributed by atoms with Crippen LogP contribution < -0.4 is 5.32 Å². The molecule has 0 amide bonds. The fraction of sp³-hybridized carbons (Fsp3) is 0.417. The average molecular weight is 222 g/mol. The zero-order valence-electron chi connectivity index (χ0n) is 9.57. The van der Waals surface area contributed by atoms with E-state index in [0.29, 0.717) is 18.8 Å². The standard InChI is InChI=1S/C12H18N2O2/c1-3-16-8-4-7-13-9-11-12(15)6-5-10(2)14-11/h3,5-6,13,15H,1,4,7-9H2,2H3. The van der Waals surface area contributed by atoms with Crippen molar-refractivity contribution in [2.45, 2.75) is 19.9 Å². The summed E-state index contributed by atoms with van der Waals surface area (Å²) in [4.78, 5) is 4.25. The van der Waals surface area contributed by atoms with Crippen molar-refractivity contribution in [3.05, 3.63) is 36.4 Å². The molecule has 4 nitrogen and oxygen atoms in total. The summed E-state index contributed by atoms with van der Waals surface area (Å²) in [5, 5.41) is 12.7. The van der Waals surface area contributed by atoms with Crippen LogP contribution in [0, 0.1) is 6.92 Å². The quantitative estimate of drug-likeness (QED) is 0.545. The van der Waals surface area contributed by atoms with Crippen LogP contribution >= 0.6 is 0 Å². The maximum Gasteiger partial charge on any atom is 0.138 e. The Morgan fingerprint density at radius 1 is 1.56 bits per heavy atom. The highest BCUT2D eigenvalue weighted by Crippen LogP contribution is 2.13. The van der Waals surface area contributed by atoms with Crippen molar-refractivity contribution in [3.8, 4) is 5.75 Å². The maximum absolute atomic E-state index is 9.54. The van der Waals surface area contributed by atoms with E-state index in [1.807, 2.05) is 6.92 Å². The van der Waals surface area contributed by atoms with Crippen LogP contribution in [-0.4, -0.2) is 23.2 Å². The van der Waals surface area contributed by atoms with Gasteiger partial charge in [0, 0.05) is 12.2 Å². The lowest BCUT2D eigenvalue weighted by molar-refractivity contribution is 0.244. The predicted octanol–water partition coefficient (Wildman–Crippen LogP) is 1.74. The molecule has 1 aromatic rings. The summed E-state index contributed by atoms with van der Waals surface area (Å²) in [6.45, 7) is 7.42. The third-order valence-electron chi connectivity index (χ3n) is 2.12. The molecule has 2 N–H and O–H groups in total. The van der Waals surface area contributed by atoms with Crippen molar-refractivity contribution >= 4 is 0 Å². The van der Waals surface area contributed by atoms with E-state index in [2.05, 4.69) is 16.9 Å². The third kappa shape index (κ3) is 4.31. The maximum atomic E-state index is 9.54. The molecule has 0 aliphatic heterocycles. The number of pyridine rings is 1. The number of aromatic hydroxyl groups is 1. The monoisotopic (exact) mass is 222 g/mol. The van der Waals surface area contributed by atoms with Gasteiger partial charge < -0.3 is 15.2 Å². The zero-order valence-corrected chi connectivity index (χ0v) is 9.57. The van der Waals surface area contributed by atoms with Crippen LogP contribution in [-0.2, 0) is 11.3 Å². The molecule has 0 aromatic carbocycles. The zero-order chi connectivity index (χ0) is 11.8. The van der Waals surface area contributed by atoms with Gasteiger partial charge in [-0.2, -0.15) is 0 Å². The van der Waals surface area contributed by atoms with Gasteiger partial charge in [0.25, 0.3) is 0 Å². The number of nitrogens with zero attached hydrogens (tertiary/aromatic N) is 1. The Morgan fingerprint density at radius 2 is 2.38 bits per heavy atom. The molecule has 0 saturated carbocycles. The lowest BCUT2D eigenvalue weighted by Crippen LogP contribution is -2.17. The van der Waals surface area contributed by atoms with Crippen molar-refractivity contribution in [1.82, 2.24) is 10.3 Å². The number of ether oxygens (including phenoxy) is 1. The molecule has 0 saturated heterocycles. The van der Waals surface area contributed by atoms with E-state index in [-0.39, 0.29) is 5.75 Å². The van der Waals surface area contributed by atoms with Gasteiger partial charge in [0.15, 0.2) is 0 Å². The Kier molecular flexibility index (Phi) is 5.36. The number of nitrogens with one attached hydrogen (secondary N) is 1. The number of aromatic nitrogens is 1. The molecule has 16 heavy (non-hydrogen) atoms. The van der Waals surface area contributed by atoms with E-state index in [1.54, 1.807) is 12.1 Å². The van der Waals surface area contributed by atoms with Crippen molar-refractivity contribution in [2.75, 3.05) is 13.2 Å². The lowest BCUT2D eigenvalue weighted by Gasteiger charge is -2.06. The first kappa shape index (κ1) is 12.5. The third-order valence-corrected chi connectivity index (χ3v) is 2.12. The molecular weight excluding hydrogens is 204 g/mol. The van der Waals surface area contributed by atoms with Gasteiger partial charge in [-0.3, -0.25) is 4.98 Å². The first-order chi connectivity index (χ1) is 7.74. The van der Waals surface area contributed by atoms with Gasteiger partial charge in [0.2, 0.25) is 0 Å². The summed E-state index contributed by atoms with van der Waals surface area (Å²) in [7, 11) is 0. The second-order valence-corrected chi connectivity index (χ2v) is 3.49. The van der Waals surface area contributed by atoms with E-state index in [9.17, 15) is 5.11 Å². The van der Waals surface area contributed by atoms with Gasteiger partial charge >= 0.3 is 0 Å². The Bertz CT molecular complexity index is 340. The minimum Gasteiger partial charge on any atom is -0.506 e. The van der Waals surface area contributed by atoms with E-state index >= 15 is 0 Å². The van der Waals surface area contributed by atoms with Gasteiger partial charge in [-0.1, -0.05) is 6.58 Å². The SMILES string of the molecule is C=COCCCNCc1nc(C)ccc1O. The van der Waals surface area contributed by atoms with Crippen LogP contribution in [0.1, 0.15) is 17.8 Å². The molecule has 88 valence electrons. The normalized spacial score (nSPS) is 10.1. The van der Waals surface area contributed by atoms with Crippen molar-refractivity contribution in [2.24, 2.45) is 0 Å². The second-order valence-electron chi connectivity index (χ2n) is 3.49. The highest BCUT2D eigenvalue weighted by Gasteiger charge is 2.01. The molecule has 4 heteroatoms. The molecule has 1 aromatic heterocycles. The predicted molar refractivity (Wildman–Crippen MR) is 63.1 cm³/mol. The number of hydrogen-bond acceptors (Lipinski definition) is 4. The first-order valence-corrected chi connectivity index (χ1v) is 5.32. The molecule has 0 fully saturated rings. The molecule has 0 aliphatic rings. The summed E-state index contributed by atoms with van der Waals surface area (Å²) in [5.74, 6) is 0.237. The minimum atomic E-state index is 0.237. The highest BCUT2D eigenvalue weighted by molar-refractivity contribution is 5.27. The van der Waals surface area contributed by atoms with Crippen LogP contribution in [0.4, 0.5) is 0 Å². The Morgan fingerprint density at radius 3 is 3.12 bits per heavy atom. The molecule has 0 atom stereocenters. The van der Waals surface area contributed by atoms with Gasteiger partial charge in [0.05, 0.1) is 18.6 Å². The molecule has 1 rings (SSSR count). The Balaban J connectivity index is 2.26. The van der Waals surface area contributed by atoms with Crippen molar-refractivity contribution in [3.63, 3.8) is 0 Å². The number of hydrogen-bond donors (Lipinski definition) is 2. The van der Waals surface area contributed by atoms with Crippen molar-refractivity contribution in [1.29, 1.82) is 0 Å². The minimum absolute atomic E-state index is 0.237. The molecule has 0 spiro atoms. The Hall–Kier alpha value is -1.55. The highest BCUT2D eigenvalue weighted by atomic mass is 16.5. The molecule has 0 unspecified atom stereocenters. The summed E-state index contributed by atoms with van der Waals surface area (Å²) in [6, 6.07) is 3.46. The first-order valence-electron chi connectivity index (χ1n) is 5.32. The molecule has 0 aliphatic carbocycles. The number of aryl methyl sites for hydroxylation is 1. The summed E-state index contributed by atoms with van der Waals surface area (Å²) in [6.07, 6.45) is 2.34.